The molecule has 0 spiro atoms. The molecule has 3 aromatic carbocycles. The van der Waals surface area contributed by atoms with Crippen molar-refractivity contribution in [1.82, 2.24) is 0 Å². The van der Waals surface area contributed by atoms with Crippen LogP contribution in [0.5, 0.6) is 11.5 Å². The molecule has 0 saturated carbocycles. The van der Waals surface area contributed by atoms with Crippen LogP contribution in [-0.4, -0.2) is 20.7 Å². The zero-order chi connectivity index (χ0) is 25.5. The Morgan fingerprint density at radius 1 is 0.886 bits per heavy atom. The Kier molecular flexibility index (Phi) is 7.08. The molecule has 0 bridgehead atoms. The molecule has 174 valence electrons. The normalized spacial score (nSPS) is 10.7. The largest absolute Gasteiger partial charge is 0.450 e. The summed E-state index contributed by atoms with van der Waals surface area (Å²) in [6.07, 6.45) is 1.23. The molecule has 0 aromatic heterocycles. The van der Waals surface area contributed by atoms with Crippen LogP contribution >= 0.6 is 0 Å². The number of hydrogen-bond acceptors (Lipinski definition) is 9. The number of benzene rings is 3. The minimum absolute atomic E-state index is 0.104. The van der Waals surface area contributed by atoms with Crippen molar-refractivity contribution in [3.05, 3.63) is 108 Å². The smallest absolute Gasteiger partial charge is 0.318 e. The number of rotatable bonds is 8. The van der Waals surface area contributed by atoms with Gasteiger partial charge in [-0.1, -0.05) is 18.2 Å². The third kappa shape index (κ3) is 5.99. The Hall–Kier alpha value is -5.64. The summed E-state index contributed by atoms with van der Waals surface area (Å²) in [5.41, 5.74) is -1.21. The lowest BCUT2D eigenvalue weighted by atomic mass is 10.1. The van der Waals surface area contributed by atoms with Gasteiger partial charge in [0.2, 0.25) is 5.75 Å². The molecule has 0 aliphatic heterocycles. The fraction of sp³-hybridized carbons (Fsp3) is 0. The van der Waals surface area contributed by atoms with Gasteiger partial charge in [0.1, 0.15) is 17.4 Å². The van der Waals surface area contributed by atoms with Crippen molar-refractivity contribution in [2.45, 2.75) is 0 Å². The molecule has 3 rings (SSSR count). The summed E-state index contributed by atoms with van der Waals surface area (Å²) < 4.78 is 5.51. The lowest BCUT2D eigenvalue weighted by Gasteiger charge is -2.07. The molecule has 1 amide bonds. The fourth-order valence-corrected chi connectivity index (χ4v) is 2.85. The second kappa shape index (κ2) is 10.3. The summed E-state index contributed by atoms with van der Waals surface area (Å²) in [7, 11) is 0. The molecule has 0 radical (unpaired) electrons. The first-order chi connectivity index (χ1) is 16.7. The topological polar surface area (TPSA) is 192 Å². The van der Waals surface area contributed by atoms with Gasteiger partial charge in [-0.2, -0.15) is 5.26 Å². The van der Waals surface area contributed by atoms with Gasteiger partial charge in [0, 0.05) is 23.9 Å². The molecule has 13 nitrogen and oxygen atoms in total. The van der Waals surface area contributed by atoms with E-state index < -0.39 is 32.1 Å². The maximum Gasteiger partial charge on any atom is 0.318 e. The van der Waals surface area contributed by atoms with Crippen LogP contribution in [0.1, 0.15) is 5.56 Å². The van der Waals surface area contributed by atoms with Crippen LogP contribution < -0.4 is 10.1 Å². The van der Waals surface area contributed by atoms with Crippen LogP contribution in [0, 0.1) is 41.7 Å². The summed E-state index contributed by atoms with van der Waals surface area (Å²) in [6.45, 7) is 0. The van der Waals surface area contributed by atoms with Crippen LogP contribution in [0.4, 0.5) is 22.7 Å². The number of amides is 1. The summed E-state index contributed by atoms with van der Waals surface area (Å²) >= 11 is 0. The van der Waals surface area contributed by atoms with E-state index in [-0.39, 0.29) is 28.4 Å². The molecule has 0 atom stereocenters. The first-order valence-electron chi connectivity index (χ1n) is 9.56. The van der Waals surface area contributed by atoms with Crippen molar-refractivity contribution in [3.8, 4) is 17.6 Å². The molecule has 0 aliphatic rings. The van der Waals surface area contributed by atoms with E-state index in [9.17, 15) is 40.4 Å². The standard InChI is InChI=1S/C22H13N5O8/c23-13-15(22(28)24-16-4-2-5-17(11-16)25(29)30)9-14-3-1-6-19(10-14)35-21-8-7-18(26(31)32)12-20(21)27(33)34/h1-12H,(H,24,28)/b15-9-. The molecule has 0 heterocycles. The first kappa shape index (κ1) is 24.0. The van der Waals surface area contributed by atoms with E-state index in [0.29, 0.717) is 5.56 Å². The molecular formula is C22H13N5O8. The molecule has 3 aromatic rings. The van der Waals surface area contributed by atoms with Gasteiger partial charge in [-0.05, 0) is 35.9 Å². The number of hydrogen-bond donors (Lipinski definition) is 1. The minimum atomic E-state index is -0.821. The Morgan fingerprint density at radius 3 is 2.23 bits per heavy atom. The third-order valence-corrected chi connectivity index (χ3v) is 4.43. The fourth-order valence-electron chi connectivity index (χ4n) is 2.85. The summed E-state index contributed by atoms with van der Waals surface area (Å²) in [5, 5.41) is 44.9. The van der Waals surface area contributed by atoms with Gasteiger partial charge in [0.05, 0.1) is 20.8 Å². The number of non-ortho nitro benzene ring substituents is 2. The molecule has 35 heavy (non-hydrogen) atoms. The predicted molar refractivity (Wildman–Crippen MR) is 122 cm³/mol. The average Bonchev–Trinajstić information content (AvgIpc) is 2.82. The van der Waals surface area contributed by atoms with Crippen molar-refractivity contribution in [2.24, 2.45) is 0 Å². The van der Waals surface area contributed by atoms with E-state index in [1.54, 1.807) is 6.07 Å². The number of carbonyl (C=O) groups is 1. The van der Waals surface area contributed by atoms with Gasteiger partial charge in [-0.3, -0.25) is 35.1 Å². The van der Waals surface area contributed by atoms with E-state index in [2.05, 4.69) is 5.32 Å². The maximum absolute atomic E-state index is 12.5. The Morgan fingerprint density at radius 2 is 1.57 bits per heavy atom. The number of nitriles is 1. The highest BCUT2D eigenvalue weighted by molar-refractivity contribution is 6.09. The monoisotopic (exact) mass is 475 g/mol. The third-order valence-electron chi connectivity index (χ3n) is 4.43. The van der Waals surface area contributed by atoms with Crippen molar-refractivity contribution < 1.29 is 24.3 Å². The highest BCUT2D eigenvalue weighted by Crippen LogP contribution is 2.34. The second-order valence-electron chi connectivity index (χ2n) is 6.77. The average molecular weight is 475 g/mol. The number of ether oxygens (including phenoxy) is 1. The van der Waals surface area contributed by atoms with Gasteiger partial charge >= 0.3 is 5.69 Å². The quantitative estimate of drug-likeness (QED) is 0.207. The zero-order valence-electron chi connectivity index (χ0n) is 17.5. The number of carbonyl (C=O) groups excluding carboxylic acids is 1. The van der Waals surface area contributed by atoms with Crippen LogP contribution in [-0.2, 0) is 4.79 Å². The molecule has 0 unspecified atom stereocenters. The van der Waals surface area contributed by atoms with E-state index in [4.69, 9.17) is 4.74 Å². The van der Waals surface area contributed by atoms with Crippen LogP contribution in [0.15, 0.2) is 72.3 Å². The number of nitrogens with one attached hydrogen (secondary N) is 1. The molecular weight excluding hydrogens is 462 g/mol. The van der Waals surface area contributed by atoms with Gasteiger partial charge < -0.3 is 10.1 Å². The molecule has 0 fully saturated rings. The predicted octanol–water partition coefficient (Wildman–Crippen LogP) is 4.75. The zero-order valence-corrected chi connectivity index (χ0v) is 17.5. The van der Waals surface area contributed by atoms with Crippen molar-refractivity contribution in [2.75, 3.05) is 5.32 Å². The van der Waals surface area contributed by atoms with Crippen LogP contribution in [0.2, 0.25) is 0 Å². The lowest BCUT2D eigenvalue weighted by molar-refractivity contribution is -0.394. The Balaban J connectivity index is 1.84. The van der Waals surface area contributed by atoms with Crippen LogP contribution in [0.3, 0.4) is 0 Å². The number of anilines is 1. The van der Waals surface area contributed by atoms with Crippen molar-refractivity contribution in [3.63, 3.8) is 0 Å². The second-order valence-corrected chi connectivity index (χ2v) is 6.77. The van der Waals surface area contributed by atoms with Gasteiger partial charge in [0.25, 0.3) is 17.3 Å². The minimum Gasteiger partial charge on any atom is -0.450 e. The molecule has 0 aliphatic carbocycles. The summed E-state index contributed by atoms with van der Waals surface area (Å²) in [5.74, 6) is -0.955. The molecule has 0 saturated heterocycles. The number of nitro benzene ring substituents is 3. The van der Waals surface area contributed by atoms with Crippen molar-refractivity contribution >= 4 is 34.7 Å². The maximum atomic E-state index is 12.5. The lowest BCUT2D eigenvalue weighted by Crippen LogP contribution is -2.13. The number of nitro groups is 3. The SMILES string of the molecule is N#C/C(=C/c1cccc(Oc2ccc([N+](=O)[O-])cc2[N+](=O)[O-])c1)C(=O)Nc1cccc([N+](=O)[O-])c1. The summed E-state index contributed by atoms with van der Waals surface area (Å²) in [6, 6.07) is 15.7. The highest BCUT2D eigenvalue weighted by atomic mass is 16.6. The van der Waals surface area contributed by atoms with Gasteiger partial charge in [-0.15, -0.1) is 0 Å². The van der Waals surface area contributed by atoms with Crippen molar-refractivity contribution in [1.29, 1.82) is 5.26 Å². The summed E-state index contributed by atoms with van der Waals surface area (Å²) in [4.78, 5) is 43.3. The Bertz CT molecular complexity index is 1430. The van der Waals surface area contributed by atoms with E-state index in [1.807, 2.05) is 0 Å². The van der Waals surface area contributed by atoms with E-state index in [0.717, 1.165) is 24.3 Å². The van der Waals surface area contributed by atoms with E-state index >= 15 is 0 Å². The first-order valence-corrected chi connectivity index (χ1v) is 9.56. The molecule has 1 N–H and O–H groups in total. The molecule has 13 heteroatoms. The van der Waals surface area contributed by atoms with Crippen LogP contribution in [0.25, 0.3) is 6.08 Å². The Labute approximate surface area is 195 Å². The van der Waals surface area contributed by atoms with Gasteiger partial charge in [0.15, 0.2) is 0 Å². The van der Waals surface area contributed by atoms with E-state index in [1.165, 1.54) is 48.5 Å². The number of nitrogens with zero attached hydrogens (tertiary/aromatic N) is 4. The highest BCUT2D eigenvalue weighted by Gasteiger charge is 2.21. The van der Waals surface area contributed by atoms with Gasteiger partial charge in [-0.25, -0.2) is 0 Å².